The SMILES string of the molecule is CCOC(=O)c1cc(CBr)c(C#N)c(OC)c1. The molecule has 0 saturated carbocycles. The number of ether oxygens (including phenoxy) is 2. The number of hydrogen-bond acceptors (Lipinski definition) is 4. The molecule has 0 aliphatic heterocycles. The number of halogens is 1. The van der Waals surface area contributed by atoms with Gasteiger partial charge < -0.3 is 9.47 Å². The van der Waals surface area contributed by atoms with Crippen LogP contribution >= 0.6 is 15.9 Å². The molecule has 1 rings (SSSR count). The highest BCUT2D eigenvalue weighted by atomic mass is 79.9. The molecule has 1 aromatic carbocycles. The Bertz CT molecular complexity index is 440. The van der Waals surface area contributed by atoms with E-state index in [1.165, 1.54) is 13.2 Å². The summed E-state index contributed by atoms with van der Waals surface area (Å²) in [5, 5.41) is 9.50. The van der Waals surface area contributed by atoms with Gasteiger partial charge in [0.1, 0.15) is 11.8 Å². The number of alkyl halides is 1. The van der Waals surface area contributed by atoms with Gasteiger partial charge in [0, 0.05) is 5.33 Å². The van der Waals surface area contributed by atoms with Crippen molar-refractivity contribution in [1.29, 1.82) is 5.26 Å². The molecule has 0 aliphatic rings. The summed E-state index contributed by atoms with van der Waals surface area (Å²) in [5.41, 5.74) is 1.52. The molecule has 90 valence electrons. The third-order valence-corrected chi connectivity index (χ3v) is 2.77. The van der Waals surface area contributed by atoms with Gasteiger partial charge in [-0.2, -0.15) is 5.26 Å². The largest absolute Gasteiger partial charge is 0.495 e. The molecule has 0 N–H and O–H groups in total. The second kappa shape index (κ2) is 6.26. The van der Waals surface area contributed by atoms with Gasteiger partial charge in [0.05, 0.1) is 24.8 Å². The topological polar surface area (TPSA) is 59.3 Å². The fraction of sp³-hybridized carbons (Fsp3) is 0.333. The summed E-state index contributed by atoms with van der Waals surface area (Å²) in [6, 6.07) is 5.21. The maximum Gasteiger partial charge on any atom is 0.338 e. The lowest BCUT2D eigenvalue weighted by molar-refractivity contribution is 0.0526. The number of carbonyl (C=O) groups excluding carboxylic acids is 1. The number of methoxy groups -OCH3 is 1. The predicted molar refractivity (Wildman–Crippen MR) is 66.3 cm³/mol. The summed E-state index contributed by atoms with van der Waals surface area (Å²) in [6.45, 7) is 2.05. The van der Waals surface area contributed by atoms with Gasteiger partial charge in [0.2, 0.25) is 0 Å². The van der Waals surface area contributed by atoms with E-state index < -0.39 is 5.97 Å². The van der Waals surface area contributed by atoms with E-state index in [2.05, 4.69) is 22.0 Å². The lowest BCUT2D eigenvalue weighted by Gasteiger charge is -2.09. The average Bonchev–Trinajstić information content (AvgIpc) is 2.37. The van der Waals surface area contributed by atoms with Crippen molar-refractivity contribution < 1.29 is 14.3 Å². The van der Waals surface area contributed by atoms with Crippen LogP contribution in [-0.2, 0) is 10.1 Å². The van der Waals surface area contributed by atoms with Crippen LogP contribution in [0.5, 0.6) is 5.75 Å². The van der Waals surface area contributed by atoms with Gasteiger partial charge in [-0.25, -0.2) is 4.79 Å². The molecule has 0 aliphatic carbocycles. The minimum absolute atomic E-state index is 0.310. The number of esters is 1. The van der Waals surface area contributed by atoms with Crippen LogP contribution in [-0.4, -0.2) is 19.7 Å². The maximum absolute atomic E-state index is 11.6. The van der Waals surface area contributed by atoms with Crippen molar-refractivity contribution in [2.45, 2.75) is 12.3 Å². The van der Waals surface area contributed by atoms with E-state index in [4.69, 9.17) is 14.7 Å². The molecule has 0 radical (unpaired) electrons. The highest BCUT2D eigenvalue weighted by molar-refractivity contribution is 9.08. The highest BCUT2D eigenvalue weighted by Gasteiger charge is 2.15. The fourth-order valence-corrected chi connectivity index (χ4v) is 1.84. The summed E-state index contributed by atoms with van der Waals surface area (Å²) in [5.74, 6) is -0.0370. The molecule has 0 bridgehead atoms. The van der Waals surface area contributed by atoms with E-state index in [-0.39, 0.29) is 0 Å². The first kappa shape index (κ1) is 13.5. The van der Waals surface area contributed by atoms with Gasteiger partial charge in [0.15, 0.2) is 0 Å². The molecule has 0 atom stereocenters. The van der Waals surface area contributed by atoms with Gasteiger partial charge >= 0.3 is 5.97 Å². The number of rotatable bonds is 4. The second-order valence-electron chi connectivity index (χ2n) is 3.18. The van der Waals surface area contributed by atoms with Crippen LogP contribution in [0.1, 0.15) is 28.4 Å². The molecule has 0 unspecified atom stereocenters. The van der Waals surface area contributed by atoms with E-state index in [9.17, 15) is 4.79 Å². The summed E-state index contributed by atoms with van der Waals surface area (Å²) >= 11 is 3.28. The average molecular weight is 298 g/mol. The molecule has 0 fully saturated rings. The molecule has 17 heavy (non-hydrogen) atoms. The van der Waals surface area contributed by atoms with Crippen molar-refractivity contribution in [1.82, 2.24) is 0 Å². The van der Waals surface area contributed by atoms with Crippen LogP contribution in [0.25, 0.3) is 0 Å². The van der Waals surface area contributed by atoms with Crippen LogP contribution < -0.4 is 4.74 Å². The summed E-state index contributed by atoms with van der Waals surface area (Å²) in [6.07, 6.45) is 0. The zero-order valence-electron chi connectivity index (χ0n) is 9.62. The predicted octanol–water partition coefficient (Wildman–Crippen LogP) is 2.64. The van der Waals surface area contributed by atoms with Gasteiger partial charge in [-0.05, 0) is 24.6 Å². The molecule has 4 nitrogen and oxygen atoms in total. The van der Waals surface area contributed by atoms with Crippen molar-refractivity contribution in [2.75, 3.05) is 13.7 Å². The Kier molecular flexibility index (Phi) is 4.98. The fourth-order valence-electron chi connectivity index (χ4n) is 1.40. The Balaban J connectivity index is 3.28. The zero-order chi connectivity index (χ0) is 12.8. The monoisotopic (exact) mass is 297 g/mol. The third kappa shape index (κ3) is 2.98. The van der Waals surface area contributed by atoms with Gasteiger partial charge in [-0.3, -0.25) is 0 Å². The van der Waals surface area contributed by atoms with Crippen molar-refractivity contribution in [3.8, 4) is 11.8 Å². The lowest BCUT2D eigenvalue weighted by atomic mass is 10.0. The molecular formula is C12H12BrNO3. The van der Waals surface area contributed by atoms with Gasteiger partial charge in [-0.15, -0.1) is 0 Å². The summed E-state index contributed by atoms with van der Waals surface area (Å²) in [7, 11) is 1.46. The molecule has 1 aromatic rings. The number of hydrogen-bond donors (Lipinski definition) is 0. The van der Waals surface area contributed by atoms with E-state index in [0.717, 1.165) is 0 Å². The first-order chi connectivity index (χ1) is 8.17. The minimum Gasteiger partial charge on any atom is -0.495 e. The number of nitrogens with zero attached hydrogens (tertiary/aromatic N) is 1. The Morgan fingerprint density at radius 3 is 2.71 bits per heavy atom. The molecule has 0 aromatic heterocycles. The Hall–Kier alpha value is -1.54. The number of carbonyl (C=O) groups is 1. The van der Waals surface area contributed by atoms with Gasteiger partial charge in [0.25, 0.3) is 0 Å². The van der Waals surface area contributed by atoms with Crippen molar-refractivity contribution in [3.63, 3.8) is 0 Å². The van der Waals surface area contributed by atoms with Crippen LogP contribution in [0.15, 0.2) is 12.1 Å². The highest BCUT2D eigenvalue weighted by Crippen LogP contribution is 2.26. The van der Waals surface area contributed by atoms with E-state index in [1.807, 2.05) is 0 Å². The Labute approximate surface area is 108 Å². The van der Waals surface area contributed by atoms with Gasteiger partial charge in [-0.1, -0.05) is 15.9 Å². The van der Waals surface area contributed by atoms with Crippen LogP contribution in [0, 0.1) is 11.3 Å². The normalized spacial score (nSPS) is 9.53. The molecule has 0 saturated heterocycles. The number of benzene rings is 1. The zero-order valence-corrected chi connectivity index (χ0v) is 11.2. The molecule has 5 heteroatoms. The van der Waals surface area contributed by atoms with E-state index in [0.29, 0.717) is 34.4 Å². The smallest absolute Gasteiger partial charge is 0.338 e. The van der Waals surface area contributed by atoms with E-state index in [1.54, 1.807) is 13.0 Å². The van der Waals surface area contributed by atoms with Crippen molar-refractivity contribution >= 4 is 21.9 Å². The minimum atomic E-state index is -0.419. The molecule has 0 heterocycles. The summed E-state index contributed by atoms with van der Waals surface area (Å²) < 4.78 is 10.0. The summed E-state index contributed by atoms with van der Waals surface area (Å²) in [4.78, 5) is 11.6. The lowest BCUT2D eigenvalue weighted by Crippen LogP contribution is -2.06. The first-order valence-corrected chi connectivity index (χ1v) is 6.14. The molecule has 0 spiro atoms. The molecular weight excluding hydrogens is 286 g/mol. The van der Waals surface area contributed by atoms with Crippen LogP contribution in [0.4, 0.5) is 0 Å². The quantitative estimate of drug-likeness (QED) is 0.633. The van der Waals surface area contributed by atoms with Crippen LogP contribution in [0.2, 0.25) is 0 Å². The third-order valence-electron chi connectivity index (χ3n) is 2.17. The Morgan fingerprint density at radius 1 is 1.53 bits per heavy atom. The second-order valence-corrected chi connectivity index (χ2v) is 3.74. The van der Waals surface area contributed by atoms with Crippen molar-refractivity contribution in [3.05, 3.63) is 28.8 Å². The maximum atomic E-state index is 11.6. The first-order valence-electron chi connectivity index (χ1n) is 5.02. The standard InChI is InChI=1S/C12H12BrNO3/c1-3-17-12(15)8-4-9(6-13)10(7-14)11(5-8)16-2/h4-5H,3,6H2,1-2H3. The number of nitriles is 1. The molecule has 0 amide bonds. The van der Waals surface area contributed by atoms with E-state index >= 15 is 0 Å². The Morgan fingerprint density at radius 2 is 2.24 bits per heavy atom. The van der Waals surface area contributed by atoms with Crippen LogP contribution in [0.3, 0.4) is 0 Å². The van der Waals surface area contributed by atoms with Crippen molar-refractivity contribution in [2.24, 2.45) is 0 Å².